The molecule has 146 valence electrons. The molecule has 0 aromatic carbocycles. The minimum atomic E-state index is -5.95. The van der Waals surface area contributed by atoms with Crippen LogP contribution in [-0.2, 0) is 36.3 Å². The molecule has 0 saturated carbocycles. The number of ether oxygens (including phenoxy) is 2. The molecule has 18 heteroatoms. The summed E-state index contributed by atoms with van der Waals surface area (Å²) in [6, 6.07) is 0. The lowest BCUT2D eigenvalue weighted by molar-refractivity contribution is -0.250. The van der Waals surface area contributed by atoms with Gasteiger partial charge in [0.1, 0.15) is 12.8 Å². The van der Waals surface area contributed by atoms with Crippen LogP contribution in [0.4, 0.5) is 0 Å². The SMILES string of the molecule is C[C@H]1CC(OCN=[N+]=[N-])[C@@H](COP(=O)([O-])OP(=O)([O-])OP(=O)([O-])O)O1. The van der Waals surface area contributed by atoms with E-state index in [1.54, 1.807) is 6.92 Å². The highest BCUT2D eigenvalue weighted by Gasteiger charge is 2.35. The summed E-state index contributed by atoms with van der Waals surface area (Å²) in [6.45, 7) is 0.558. The number of hydrogen-bond donors (Lipinski definition) is 1. The zero-order valence-corrected chi connectivity index (χ0v) is 15.2. The van der Waals surface area contributed by atoms with Gasteiger partial charge in [-0.25, -0.2) is 8.62 Å². The molecule has 0 radical (unpaired) electrons. The Morgan fingerprint density at radius 3 is 2.48 bits per heavy atom. The minimum absolute atomic E-state index is 0.312. The predicted molar refractivity (Wildman–Crippen MR) is 71.0 cm³/mol. The molecule has 0 aromatic heterocycles. The van der Waals surface area contributed by atoms with Gasteiger partial charge in [-0.05, 0) is 12.5 Å². The summed E-state index contributed by atoms with van der Waals surface area (Å²) in [5.41, 5.74) is 8.16. The number of phosphoric ester groups is 1. The highest BCUT2D eigenvalue weighted by molar-refractivity contribution is 7.65. The molecule has 0 bridgehead atoms. The van der Waals surface area contributed by atoms with E-state index in [4.69, 9.17) is 19.9 Å². The lowest BCUT2D eigenvalue weighted by Gasteiger charge is -2.33. The molecule has 1 aliphatic rings. The Balaban J connectivity index is 2.61. The molecule has 4 unspecified atom stereocenters. The fourth-order valence-electron chi connectivity index (χ4n) is 1.85. The zero-order valence-electron chi connectivity index (χ0n) is 12.5. The van der Waals surface area contributed by atoms with Crippen LogP contribution in [0.25, 0.3) is 10.4 Å². The van der Waals surface area contributed by atoms with E-state index in [-0.39, 0.29) is 12.8 Å². The van der Waals surface area contributed by atoms with Crippen molar-refractivity contribution in [3.63, 3.8) is 0 Å². The Morgan fingerprint density at radius 1 is 1.28 bits per heavy atom. The van der Waals surface area contributed by atoms with Crippen LogP contribution in [-0.4, -0.2) is 36.5 Å². The summed E-state index contributed by atoms with van der Waals surface area (Å²) in [6.07, 6.45) is -1.72. The van der Waals surface area contributed by atoms with E-state index in [1.807, 2.05) is 0 Å². The number of phosphoric acid groups is 3. The third-order valence-electron chi connectivity index (χ3n) is 2.60. The summed E-state index contributed by atoms with van der Waals surface area (Å²) in [7, 11) is -17.3. The van der Waals surface area contributed by atoms with Crippen LogP contribution >= 0.6 is 23.5 Å². The molecule has 0 spiro atoms. The van der Waals surface area contributed by atoms with Gasteiger partial charge in [0.25, 0.3) is 23.5 Å². The maximum absolute atomic E-state index is 11.4. The highest BCUT2D eigenvalue weighted by Crippen LogP contribution is 2.61. The Kier molecular flexibility index (Phi) is 8.19. The van der Waals surface area contributed by atoms with Crippen LogP contribution in [0.15, 0.2) is 5.11 Å². The monoisotopic (exact) mass is 424 g/mol. The fraction of sp³-hybridized carbons (Fsp3) is 1.00. The summed E-state index contributed by atoms with van der Waals surface area (Å²) in [5.74, 6) is 0. The normalized spacial score (nSPS) is 30.7. The molecule has 1 aliphatic heterocycles. The molecule has 0 amide bonds. The average Bonchev–Trinajstić information content (AvgIpc) is 2.73. The second kappa shape index (κ2) is 9.03. The number of rotatable bonds is 10. The van der Waals surface area contributed by atoms with Crippen molar-refractivity contribution in [1.82, 2.24) is 0 Å². The minimum Gasteiger partial charge on any atom is -0.756 e. The summed E-state index contributed by atoms with van der Waals surface area (Å²) >= 11 is 0. The third kappa shape index (κ3) is 9.23. The van der Waals surface area contributed by atoms with Gasteiger partial charge in [0, 0.05) is 11.3 Å². The van der Waals surface area contributed by atoms with Crippen LogP contribution < -0.4 is 14.7 Å². The standard InChI is InChI=1S/C7H16N3O12P3/c1-5-2-6(18-4-9-10-8)7(20-5)3-19-24(14,15)22-25(16,17)21-23(11,12)13/h5-7H,2-4H2,1H3,(H,14,15)(H,16,17)(H2,11,12,13)/p-3/t5-,6?,7+/m0/s1. The van der Waals surface area contributed by atoms with E-state index in [0.29, 0.717) is 6.42 Å². The van der Waals surface area contributed by atoms with Crippen LogP contribution in [0.5, 0.6) is 0 Å². The first-order valence-electron chi connectivity index (χ1n) is 6.34. The lowest BCUT2D eigenvalue weighted by Crippen LogP contribution is -2.30. The van der Waals surface area contributed by atoms with Gasteiger partial charge in [0.2, 0.25) is 0 Å². The molecule has 1 saturated heterocycles. The summed E-state index contributed by atoms with van der Waals surface area (Å²) in [5, 5.41) is 3.13. The molecule has 1 fully saturated rings. The van der Waals surface area contributed by atoms with Crippen molar-refractivity contribution < 1.29 is 55.9 Å². The van der Waals surface area contributed by atoms with Gasteiger partial charge in [-0.15, -0.1) is 0 Å². The highest BCUT2D eigenvalue weighted by atomic mass is 31.3. The molecule has 15 nitrogen and oxygen atoms in total. The van der Waals surface area contributed by atoms with Gasteiger partial charge in [-0.1, -0.05) is 5.11 Å². The number of hydrogen-bond acceptors (Lipinski definition) is 12. The largest absolute Gasteiger partial charge is 0.756 e. The second-order valence-corrected chi connectivity index (χ2v) is 8.90. The van der Waals surface area contributed by atoms with Gasteiger partial charge in [0.05, 0.1) is 18.8 Å². The Bertz CT molecular complexity index is 646. The van der Waals surface area contributed by atoms with Crippen molar-refractivity contribution in [1.29, 1.82) is 0 Å². The first-order chi connectivity index (χ1) is 11.3. The van der Waals surface area contributed by atoms with E-state index in [2.05, 4.69) is 23.2 Å². The molecule has 1 rings (SSSR count). The van der Waals surface area contributed by atoms with Crippen LogP contribution in [0, 0.1) is 0 Å². The van der Waals surface area contributed by atoms with Crippen molar-refractivity contribution in [3.8, 4) is 0 Å². The molecule has 0 aliphatic carbocycles. The van der Waals surface area contributed by atoms with Crippen molar-refractivity contribution in [2.24, 2.45) is 5.11 Å². The topological polar surface area (TPSA) is 236 Å². The summed E-state index contributed by atoms with van der Waals surface area (Å²) in [4.78, 5) is 43.5. The molecule has 1 heterocycles. The Morgan fingerprint density at radius 2 is 1.92 bits per heavy atom. The van der Waals surface area contributed by atoms with Crippen LogP contribution in [0.2, 0.25) is 0 Å². The van der Waals surface area contributed by atoms with Crippen LogP contribution in [0.3, 0.4) is 0 Å². The van der Waals surface area contributed by atoms with E-state index in [0.717, 1.165) is 0 Å². The molecular formula is C7H13N3O12P3-3. The maximum atomic E-state index is 11.4. The summed E-state index contributed by atoms with van der Waals surface area (Å²) < 4.78 is 54.1. The predicted octanol–water partition coefficient (Wildman–Crippen LogP) is -0.736. The van der Waals surface area contributed by atoms with Gasteiger partial charge in [-0.3, -0.25) is 13.7 Å². The van der Waals surface area contributed by atoms with Crippen molar-refractivity contribution in [2.45, 2.75) is 31.7 Å². The van der Waals surface area contributed by atoms with Crippen molar-refractivity contribution in [2.75, 3.05) is 13.3 Å². The van der Waals surface area contributed by atoms with Gasteiger partial charge < -0.3 is 33.6 Å². The van der Waals surface area contributed by atoms with Gasteiger partial charge >= 0.3 is 0 Å². The molecule has 6 atom stereocenters. The van der Waals surface area contributed by atoms with Crippen molar-refractivity contribution >= 4 is 23.5 Å². The number of azide groups is 1. The first-order valence-corrected chi connectivity index (χ1v) is 10.8. The first kappa shape index (κ1) is 22.7. The Labute approximate surface area is 140 Å². The molecule has 0 aromatic rings. The Hall–Kier alpha value is -0.360. The molecule has 25 heavy (non-hydrogen) atoms. The molecular weight excluding hydrogens is 411 g/mol. The maximum Gasteiger partial charge on any atom is 0.280 e. The van der Waals surface area contributed by atoms with E-state index in [9.17, 15) is 28.4 Å². The zero-order chi connectivity index (χ0) is 19.3. The average molecular weight is 424 g/mol. The van der Waals surface area contributed by atoms with Gasteiger partial charge in [-0.2, -0.15) is 0 Å². The van der Waals surface area contributed by atoms with E-state index < -0.39 is 42.3 Å². The smallest absolute Gasteiger partial charge is 0.280 e. The lowest BCUT2D eigenvalue weighted by atomic mass is 10.1. The molecule has 1 N–H and O–H groups in total. The van der Waals surface area contributed by atoms with Gasteiger partial charge in [0.15, 0.2) is 0 Å². The van der Waals surface area contributed by atoms with Crippen molar-refractivity contribution in [3.05, 3.63) is 10.4 Å². The van der Waals surface area contributed by atoms with E-state index in [1.165, 1.54) is 0 Å². The third-order valence-corrected chi connectivity index (χ3v) is 6.29. The van der Waals surface area contributed by atoms with Crippen LogP contribution in [0.1, 0.15) is 13.3 Å². The fourth-order valence-corrected chi connectivity index (χ4v) is 4.75. The van der Waals surface area contributed by atoms with E-state index >= 15 is 0 Å². The quantitative estimate of drug-likeness (QED) is 0.198. The number of nitrogens with zero attached hydrogens (tertiary/aromatic N) is 3. The second-order valence-electron chi connectivity index (χ2n) is 4.61.